The number of nitrogens with zero attached hydrogens (tertiary/aromatic N) is 1. The van der Waals surface area contributed by atoms with Crippen molar-refractivity contribution in [2.75, 3.05) is 17.7 Å². The number of benzene rings is 3. The lowest BCUT2D eigenvalue weighted by Crippen LogP contribution is -2.17. The fraction of sp³-hybridized carbons (Fsp3) is 0.0435. The molecule has 0 bridgehead atoms. The molecule has 0 heterocycles. The zero-order valence-electron chi connectivity index (χ0n) is 16.0. The molecule has 0 aliphatic carbocycles. The van der Waals surface area contributed by atoms with Crippen molar-refractivity contribution in [3.8, 4) is 6.07 Å². The first-order valence-electron chi connectivity index (χ1n) is 8.92. The van der Waals surface area contributed by atoms with Gasteiger partial charge in [-0.3, -0.25) is 9.59 Å². The fourth-order valence-corrected chi connectivity index (χ4v) is 2.71. The molecular formula is C23H17N3O4. The van der Waals surface area contributed by atoms with Crippen molar-refractivity contribution in [1.29, 1.82) is 5.26 Å². The van der Waals surface area contributed by atoms with E-state index in [9.17, 15) is 14.4 Å². The van der Waals surface area contributed by atoms with Gasteiger partial charge in [0.15, 0.2) is 0 Å². The van der Waals surface area contributed by atoms with E-state index in [1.54, 1.807) is 66.7 Å². The molecule has 30 heavy (non-hydrogen) atoms. The Bertz CT molecular complexity index is 1150. The average Bonchev–Trinajstić information content (AvgIpc) is 2.79. The first-order valence-corrected chi connectivity index (χ1v) is 8.92. The van der Waals surface area contributed by atoms with Crippen molar-refractivity contribution >= 4 is 29.2 Å². The predicted octanol–water partition coefficient (Wildman–Crippen LogP) is 3.85. The number of nitriles is 1. The summed E-state index contributed by atoms with van der Waals surface area (Å²) in [7, 11) is 1.26. The minimum atomic E-state index is -0.568. The Kier molecular flexibility index (Phi) is 6.20. The van der Waals surface area contributed by atoms with Crippen molar-refractivity contribution in [3.63, 3.8) is 0 Å². The second-order valence-electron chi connectivity index (χ2n) is 6.22. The van der Waals surface area contributed by atoms with E-state index in [2.05, 4.69) is 10.6 Å². The second-order valence-corrected chi connectivity index (χ2v) is 6.22. The predicted molar refractivity (Wildman–Crippen MR) is 111 cm³/mol. The summed E-state index contributed by atoms with van der Waals surface area (Å²) in [4.78, 5) is 37.0. The van der Waals surface area contributed by atoms with E-state index in [0.29, 0.717) is 16.9 Å². The van der Waals surface area contributed by atoms with Crippen LogP contribution in [-0.4, -0.2) is 24.9 Å². The lowest BCUT2D eigenvalue weighted by atomic mass is 10.1. The summed E-state index contributed by atoms with van der Waals surface area (Å²) in [5, 5.41) is 14.2. The number of hydrogen-bond donors (Lipinski definition) is 2. The maximum absolute atomic E-state index is 12.7. The van der Waals surface area contributed by atoms with Gasteiger partial charge in [-0.15, -0.1) is 0 Å². The summed E-state index contributed by atoms with van der Waals surface area (Å²) < 4.78 is 4.72. The van der Waals surface area contributed by atoms with Crippen LogP contribution >= 0.6 is 0 Å². The van der Waals surface area contributed by atoms with E-state index in [-0.39, 0.29) is 16.7 Å². The first kappa shape index (κ1) is 20.3. The zero-order chi connectivity index (χ0) is 21.5. The Morgan fingerprint density at radius 1 is 0.833 bits per heavy atom. The van der Waals surface area contributed by atoms with Crippen LogP contribution in [0.4, 0.5) is 11.4 Å². The molecule has 7 nitrogen and oxygen atoms in total. The highest BCUT2D eigenvalue weighted by molar-refractivity contribution is 6.10. The molecule has 0 atom stereocenters. The Balaban J connectivity index is 1.76. The molecule has 0 saturated carbocycles. The van der Waals surface area contributed by atoms with E-state index < -0.39 is 17.8 Å². The number of anilines is 2. The molecule has 0 radical (unpaired) electrons. The summed E-state index contributed by atoms with van der Waals surface area (Å²) >= 11 is 0. The number of rotatable bonds is 5. The molecule has 0 spiro atoms. The Hall–Kier alpha value is -4.44. The van der Waals surface area contributed by atoms with Gasteiger partial charge in [-0.05, 0) is 54.6 Å². The first-order chi connectivity index (χ1) is 14.5. The normalized spacial score (nSPS) is 9.87. The molecule has 0 fully saturated rings. The summed E-state index contributed by atoms with van der Waals surface area (Å²) in [6.45, 7) is 0. The SMILES string of the molecule is COC(=O)c1ccccc1NC(=O)c1cccc(C(=O)Nc2ccc(C#N)cc2)c1. The molecule has 0 aliphatic rings. The van der Waals surface area contributed by atoms with Gasteiger partial charge in [0, 0.05) is 16.8 Å². The number of carbonyl (C=O) groups excluding carboxylic acids is 3. The van der Waals surface area contributed by atoms with Crippen LogP contribution in [0.5, 0.6) is 0 Å². The molecular weight excluding hydrogens is 382 g/mol. The Labute approximate surface area is 172 Å². The van der Waals surface area contributed by atoms with Crippen LogP contribution in [0.1, 0.15) is 36.6 Å². The third-order valence-electron chi connectivity index (χ3n) is 4.24. The summed E-state index contributed by atoms with van der Waals surface area (Å²) in [6.07, 6.45) is 0. The Morgan fingerprint density at radius 2 is 1.47 bits per heavy atom. The van der Waals surface area contributed by atoms with E-state index in [4.69, 9.17) is 10.00 Å². The lowest BCUT2D eigenvalue weighted by molar-refractivity contribution is 0.0601. The maximum Gasteiger partial charge on any atom is 0.339 e. The molecule has 7 heteroatoms. The number of hydrogen-bond acceptors (Lipinski definition) is 5. The third kappa shape index (κ3) is 4.69. The van der Waals surface area contributed by atoms with Crippen molar-refractivity contribution in [1.82, 2.24) is 0 Å². The van der Waals surface area contributed by atoms with Gasteiger partial charge in [0.1, 0.15) is 0 Å². The molecule has 3 aromatic carbocycles. The van der Waals surface area contributed by atoms with Crippen molar-refractivity contribution in [2.24, 2.45) is 0 Å². The number of esters is 1. The quantitative estimate of drug-likeness (QED) is 0.634. The molecule has 0 saturated heterocycles. The van der Waals surface area contributed by atoms with Crippen molar-refractivity contribution in [2.45, 2.75) is 0 Å². The number of nitrogens with one attached hydrogen (secondary N) is 2. The number of ether oxygens (including phenoxy) is 1. The molecule has 0 unspecified atom stereocenters. The van der Waals surface area contributed by atoms with Gasteiger partial charge in [0.2, 0.25) is 0 Å². The summed E-state index contributed by atoms with van der Waals surface area (Å²) in [6, 6.07) is 21.1. The van der Waals surface area contributed by atoms with Gasteiger partial charge in [0.25, 0.3) is 11.8 Å². The van der Waals surface area contributed by atoms with Gasteiger partial charge in [-0.1, -0.05) is 18.2 Å². The second kappa shape index (κ2) is 9.17. The van der Waals surface area contributed by atoms with Crippen LogP contribution in [0.3, 0.4) is 0 Å². The standard InChI is InChI=1S/C23H17N3O4/c1-30-23(29)19-7-2-3-8-20(19)26-22(28)17-6-4-5-16(13-17)21(27)25-18-11-9-15(14-24)10-12-18/h2-13H,1H3,(H,25,27)(H,26,28). The molecule has 148 valence electrons. The van der Waals surface area contributed by atoms with Gasteiger partial charge in [-0.25, -0.2) is 4.79 Å². The highest BCUT2D eigenvalue weighted by atomic mass is 16.5. The van der Waals surface area contributed by atoms with Crippen LogP contribution in [-0.2, 0) is 4.74 Å². The van der Waals surface area contributed by atoms with Gasteiger partial charge < -0.3 is 15.4 Å². The highest BCUT2D eigenvalue weighted by Crippen LogP contribution is 2.18. The van der Waals surface area contributed by atoms with Crippen molar-refractivity contribution < 1.29 is 19.1 Å². The smallest absolute Gasteiger partial charge is 0.339 e. The maximum atomic E-state index is 12.7. The number of amides is 2. The van der Waals surface area contributed by atoms with Crippen LogP contribution < -0.4 is 10.6 Å². The van der Waals surface area contributed by atoms with Gasteiger partial charge in [-0.2, -0.15) is 5.26 Å². The van der Waals surface area contributed by atoms with Gasteiger partial charge >= 0.3 is 5.97 Å². The minimum absolute atomic E-state index is 0.225. The molecule has 2 N–H and O–H groups in total. The highest BCUT2D eigenvalue weighted by Gasteiger charge is 2.15. The largest absolute Gasteiger partial charge is 0.465 e. The minimum Gasteiger partial charge on any atom is -0.465 e. The fourth-order valence-electron chi connectivity index (χ4n) is 2.71. The molecule has 3 aromatic rings. The molecule has 2 amide bonds. The van der Waals surface area contributed by atoms with Crippen LogP contribution in [0.15, 0.2) is 72.8 Å². The summed E-state index contributed by atoms with van der Waals surface area (Å²) in [5.41, 5.74) is 2.08. The van der Waals surface area contributed by atoms with Crippen LogP contribution in [0, 0.1) is 11.3 Å². The molecule has 3 rings (SSSR count). The van der Waals surface area contributed by atoms with Crippen molar-refractivity contribution in [3.05, 3.63) is 95.1 Å². The molecule has 0 aromatic heterocycles. The van der Waals surface area contributed by atoms with Crippen LogP contribution in [0.2, 0.25) is 0 Å². The van der Waals surface area contributed by atoms with Crippen LogP contribution in [0.25, 0.3) is 0 Å². The van der Waals surface area contributed by atoms with E-state index in [0.717, 1.165) is 0 Å². The summed E-state index contributed by atoms with van der Waals surface area (Å²) in [5.74, 6) is -1.44. The molecule has 0 aliphatic heterocycles. The van der Waals surface area contributed by atoms with E-state index in [1.807, 2.05) is 6.07 Å². The zero-order valence-corrected chi connectivity index (χ0v) is 16.0. The average molecular weight is 399 g/mol. The van der Waals surface area contributed by atoms with E-state index >= 15 is 0 Å². The number of methoxy groups -OCH3 is 1. The third-order valence-corrected chi connectivity index (χ3v) is 4.24. The number of para-hydroxylation sites is 1. The monoisotopic (exact) mass is 399 g/mol. The van der Waals surface area contributed by atoms with Gasteiger partial charge in [0.05, 0.1) is 30.0 Å². The lowest BCUT2D eigenvalue weighted by Gasteiger charge is -2.10. The Morgan fingerprint density at radius 3 is 2.10 bits per heavy atom. The number of carbonyl (C=O) groups is 3. The van der Waals surface area contributed by atoms with E-state index in [1.165, 1.54) is 13.2 Å². The topological polar surface area (TPSA) is 108 Å².